The molecule has 1 saturated heterocycles. The minimum Gasteiger partial charge on any atom is -0.396 e. The monoisotopic (exact) mass is 559 g/mol. The summed E-state index contributed by atoms with van der Waals surface area (Å²) in [6, 6.07) is 18.2. The van der Waals surface area contributed by atoms with E-state index in [-0.39, 0.29) is 30.9 Å². The fraction of sp³-hybridized carbons (Fsp3) is 0.406. The highest BCUT2D eigenvalue weighted by Gasteiger charge is 2.47. The third-order valence-electron chi connectivity index (χ3n) is 7.80. The molecule has 0 bridgehead atoms. The van der Waals surface area contributed by atoms with E-state index in [4.69, 9.17) is 0 Å². The molecule has 0 unspecified atom stereocenters. The lowest BCUT2D eigenvalue weighted by Crippen LogP contribution is -2.65. The number of unbranched alkanes of at least 4 members (excludes halogenated alkanes) is 2. The molecule has 218 valence electrons. The number of carbonyl (C=O) groups is 3. The zero-order valence-electron chi connectivity index (χ0n) is 23.8. The molecule has 0 spiro atoms. The fourth-order valence-electron chi connectivity index (χ4n) is 5.55. The highest BCUT2D eigenvalue weighted by atomic mass is 16.3. The van der Waals surface area contributed by atoms with Crippen LogP contribution in [0.25, 0.3) is 17.0 Å². The van der Waals surface area contributed by atoms with Crippen molar-refractivity contribution in [2.75, 3.05) is 32.8 Å². The zero-order chi connectivity index (χ0) is 29.1. The number of hydrogen-bond acceptors (Lipinski definition) is 5. The summed E-state index contributed by atoms with van der Waals surface area (Å²) in [5.41, 5.74) is 2.11. The number of nitrogens with zero attached hydrogens (tertiary/aromatic N) is 2. The number of aliphatic hydroxyl groups excluding tert-OH is 1. The number of amides is 3. The number of hydrogen-bond donors (Lipinski definition) is 4. The zero-order valence-corrected chi connectivity index (χ0v) is 23.8. The third-order valence-corrected chi connectivity index (χ3v) is 7.80. The molecule has 1 aromatic heterocycles. The normalized spacial score (nSPS) is 15.2. The largest absolute Gasteiger partial charge is 0.396 e. The highest BCUT2D eigenvalue weighted by molar-refractivity contribution is 5.94. The summed E-state index contributed by atoms with van der Waals surface area (Å²) < 4.78 is 0. The van der Waals surface area contributed by atoms with Gasteiger partial charge >= 0.3 is 0 Å². The Morgan fingerprint density at radius 1 is 1.02 bits per heavy atom. The second-order valence-electron chi connectivity index (χ2n) is 10.6. The van der Waals surface area contributed by atoms with Gasteiger partial charge in [0.15, 0.2) is 0 Å². The molecule has 1 aliphatic rings. The molecule has 41 heavy (non-hydrogen) atoms. The van der Waals surface area contributed by atoms with Crippen LogP contribution in [0.2, 0.25) is 0 Å². The second-order valence-corrected chi connectivity index (χ2v) is 10.6. The topological polar surface area (TPSA) is 118 Å². The Bertz CT molecular complexity index is 1330. The molecule has 0 radical (unpaired) electrons. The van der Waals surface area contributed by atoms with E-state index in [0.29, 0.717) is 45.3 Å². The standard InChI is InChI=1S/C32H41N5O4/c1-25(39)34-23-30(40)37(18-8-3-9-21-38)32(15-19-36(20-16-32)24-26-10-4-2-5-11-26)31(41)33-17-14-27-22-35-29-13-7-6-12-28(27)29/h2,4-7,10-14,17,22,35,38H,3,8-9,15-16,18-21,23-24H2,1H3,(H,33,41)(H,34,39)/b17-14-. The Balaban J connectivity index is 1.56. The summed E-state index contributed by atoms with van der Waals surface area (Å²) in [7, 11) is 0. The Hall–Kier alpha value is -3.95. The first-order chi connectivity index (χ1) is 19.9. The fourth-order valence-corrected chi connectivity index (χ4v) is 5.55. The van der Waals surface area contributed by atoms with Crippen LogP contribution >= 0.6 is 0 Å². The predicted molar refractivity (Wildman–Crippen MR) is 160 cm³/mol. The van der Waals surface area contributed by atoms with Gasteiger partial charge in [-0.3, -0.25) is 19.3 Å². The summed E-state index contributed by atoms with van der Waals surface area (Å²) in [4.78, 5) is 46.4. The van der Waals surface area contributed by atoms with Crippen LogP contribution in [0.1, 0.15) is 50.2 Å². The molecule has 0 aliphatic carbocycles. The van der Waals surface area contributed by atoms with Gasteiger partial charge in [-0.2, -0.15) is 0 Å². The van der Waals surface area contributed by atoms with Crippen LogP contribution < -0.4 is 10.6 Å². The molecule has 4 rings (SSSR count). The number of fused-ring (bicyclic) bond motifs is 1. The first kappa shape index (κ1) is 30.0. The van der Waals surface area contributed by atoms with Gasteiger partial charge in [-0.25, -0.2) is 0 Å². The van der Waals surface area contributed by atoms with E-state index in [9.17, 15) is 19.5 Å². The number of aromatic amines is 1. The van der Waals surface area contributed by atoms with Gasteiger partial charge in [0.1, 0.15) is 5.54 Å². The van der Waals surface area contributed by atoms with E-state index in [0.717, 1.165) is 29.4 Å². The van der Waals surface area contributed by atoms with Crippen LogP contribution in [0.4, 0.5) is 0 Å². The van der Waals surface area contributed by atoms with Crippen LogP contribution in [0.3, 0.4) is 0 Å². The third kappa shape index (κ3) is 7.83. The van der Waals surface area contributed by atoms with Crippen molar-refractivity contribution in [1.82, 2.24) is 25.4 Å². The van der Waals surface area contributed by atoms with E-state index in [1.165, 1.54) is 12.5 Å². The lowest BCUT2D eigenvalue weighted by molar-refractivity contribution is -0.151. The number of para-hydroxylation sites is 1. The first-order valence-corrected chi connectivity index (χ1v) is 14.4. The molecule has 9 nitrogen and oxygen atoms in total. The molecule has 3 amide bonds. The van der Waals surface area contributed by atoms with Crippen LogP contribution in [0, 0.1) is 0 Å². The SMILES string of the molecule is CC(=O)NCC(=O)N(CCCCCO)C1(C(=O)N/C=C\c2c[nH]c3ccccc23)CCN(Cc2ccccc2)CC1. The van der Waals surface area contributed by atoms with E-state index in [2.05, 4.69) is 32.7 Å². The molecule has 1 fully saturated rings. The maximum absolute atomic E-state index is 14.0. The quantitative estimate of drug-likeness (QED) is 0.240. The van der Waals surface area contributed by atoms with Crippen LogP contribution in [-0.2, 0) is 20.9 Å². The Morgan fingerprint density at radius 3 is 2.49 bits per heavy atom. The number of aliphatic hydroxyl groups is 1. The Morgan fingerprint density at radius 2 is 1.76 bits per heavy atom. The number of carbonyl (C=O) groups excluding carboxylic acids is 3. The van der Waals surface area contributed by atoms with Gasteiger partial charge in [0.25, 0.3) is 0 Å². The molecular weight excluding hydrogens is 518 g/mol. The second kappa shape index (κ2) is 14.6. The van der Waals surface area contributed by atoms with Gasteiger partial charge in [-0.15, -0.1) is 0 Å². The smallest absolute Gasteiger partial charge is 0.249 e. The van der Waals surface area contributed by atoms with E-state index >= 15 is 0 Å². The molecule has 4 N–H and O–H groups in total. The van der Waals surface area contributed by atoms with E-state index in [1.54, 1.807) is 11.1 Å². The number of rotatable bonds is 13. The molecule has 1 aliphatic heterocycles. The van der Waals surface area contributed by atoms with Crippen LogP contribution in [0.15, 0.2) is 67.0 Å². The van der Waals surface area contributed by atoms with Gasteiger partial charge < -0.3 is 25.6 Å². The maximum Gasteiger partial charge on any atom is 0.249 e. The van der Waals surface area contributed by atoms with Crippen LogP contribution in [-0.4, -0.2) is 75.9 Å². The first-order valence-electron chi connectivity index (χ1n) is 14.4. The molecular formula is C32H41N5O4. The summed E-state index contributed by atoms with van der Waals surface area (Å²) in [5.74, 6) is -0.806. The lowest BCUT2D eigenvalue weighted by atomic mass is 9.83. The van der Waals surface area contributed by atoms with Gasteiger partial charge in [0, 0.05) is 68.6 Å². The van der Waals surface area contributed by atoms with Gasteiger partial charge in [0.05, 0.1) is 6.54 Å². The number of benzene rings is 2. The summed E-state index contributed by atoms with van der Waals surface area (Å²) in [5, 5.41) is 15.9. The van der Waals surface area contributed by atoms with Crippen molar-refractivity contribution >= 4 is 34.7 Å². The number of H-pyrrole nitrogens is 1. The van der Waals surface area contributed by atoms with Crippen molar-refractivity contribution in [2.24, 2.45) is 0 Å². The van der Waals surface area contributed by atoms with Crippen molar-refractivity contribution < 1.29 is 19.5 Å². The van der Waals surface area contributed by atoms with Crippen molar-refractivity contribution in [3.63, 3.8) is 0 Å². The Kier molecular flexibility index (Phi) is 10.7. The average Bonchev–Trinajstić information content (AvgIpc) is 3.40. The van der Waals surface area contributed by atoms with Crippen molar-refractivity contribution in [2.45, 2.75) is 51.1 Å². The van der Waals surface area contributed by atoms with E-state index < -0.39 is 5.54 Å². The van der Waals surface area contributed by atoms with Crippen molar-refractivity contribution in [3.8, 4) is 0 Å². The highest BCUT2D eigenvalue weighted by Crippen LogP contribution is 2.31. The average molecular weight is 560 g/mol. The number of nitrogens with one attached hydrogen (secondary N) is 3. The molecule has 3 aromatic rings. The number of piperidine rings is 1. The van der Waals surface area contributed by atoms with Crippen molar-refractivity contribution in [1.29, 1.82) is 0 Å². The van der Waals surface area contributed by atoms with Crippen molar-refractivity contribution in [3.05, 3.63) is 78.1 Å². The van der Waals surface area contributed by atoms with Gasteiger partial charge in [-0.05, 0) is 49.8 Å². The lowest BCUT2D eigenvalue weighted by Gasteiger charge is -2.47. The van der Waals surface area contributed by atoms with E-state index in [1.807, 2.05) is 54.7 Å². The number of likely N-dealkylation sites (tertiary alicyclic amines) is 1. The maximum atomic E-state index is 14.0. The summed E-state index contributed by atoms with van der Waals surface area (Å²) in [6.45, 7) is 3.73. The molecule has 0 atom stereocenters. The number of aromatic nitrogens is 1. The minimum absolute atomic E-state index is 0.0819. The molecule has 2 aromatic carbocycles. The van der Waals surface area contributed by atoms with Gasteiger partial charge in [-0.1, -0.05) is 48.5 Å². The van der Waals surface area contributed by atoms with Crippen LogP contribution in [0.5, 0.6) is 0 Å². The summed E-state index contributed by atoms with van der Waals surface area (Å²) >= 11 is 0. The molecule has 2 heterocycles. The predicted octanol–water partition coefficient (Wildman–Crippen LogP) is 3.42. The Labute approximate surface area is 241 Å². The summed E-state index contributed by atoms with van der Waals surface area (Å²) in [6.07, 6.45) is 8.37. The molecule has 0 saturated carbocycles. The van der Waals surface area contributed by atoms with Gasteiger partial charge in [0.2, 0.25) is 17.7 Å². The molecule has 9 heteroatoms. The minimum atomic E-state index is -1.06.